The molecule has 1 aromatic carbocycles. The highest BCUT2D eigenvalue weighted by molar-refractivity contribution is 8.13. The minimum atomic E-state index is -4.13. The van der Waals surface area contributed by atoms with Gasteiger partial charge in [-0.1, -0.05) is 11.6 Å². The Hall–Kier alpha value is -0.850. The first kappa shape index (κ1) is 15.5. The Labute approximate surface area is 125 Å². The first-order chi connectivity index (χ1) is 9.21. The molecule has 0 saturated carbocycles. The van der Waals surface area contributed by atoms with Gasteiger partial charge >= 0.3 is 0 Å². The highest BCUT2D eigenvalue weighted by atomic mass is 35.7. The Morgan fingerprint density at radius 3 is 2.60 bits per heavy atom. The van der Waals surface area contributed by atoms with Crippen LogP contribution in [0.2, 0.25) is 5.02 Å². The topological polar surface area (TPSA) is 54.5 Å². The third-order valence-electron chi connectivity index (χ3n) is 3.33. The summed E-state index contributed by atoms with van der Waals surface area (Å²) < 4.78 is 36.3. The first-order valence-corrected chi connectivity index (χ1v) is 8.65. The maximum Gasteiger partial charge on any atom is 0.261 e. The van der Waals surface area contributed by atoms with E-state index in [4.69, 9.17) is 22.3 Å². The predicted octanol–water partition coefficient (Wildman–Crippen LogP) is 3.03. The fraction of sp³-hybridized carbons (Fsp3) is 0.417. The third-order valence-corrected chi connectivity index (χ3v) is 5.04. The van der Waals surface area contributed by atoms with Gasteiger partial charge in [0.15, 0.2) is 0 Å². The van der Waals surface area contributed by atoms with Crippen molar-refractivity contribution in [2.75, 3.05) is 6.54 Å². The zero-order valence-electron chi connectivity index (χ0n) is 10.6. The number of hydrogen-bond donors (Lipinski definition) is 0. The van der Waals surface area contributed by atoms with Crippen LogP contribution in [-0.2, 0) is 9.05 Å². The van der Waals surface area contributed by atoms with Gasteiger partial charge in [0.2, 0.25) is 0 Å². The highest BCUT2D eigenvalue weighted by Gasteiger charge is 2.29. The fourth-order valence-electron chi connectivity index (χ4n) is 2.25. The zero-order valence-corrected chi connectivity index (χ0v) is 12.9. The summed E-state index contributed by atoms with van der Waals surface area (Å²) in [5.74, 6) is -1.47. The van der Waals surface area contributed by atoms with Crippen molar-refractivity contribution in [3.8, 4) is 0 Å². The number of halogens is 3. The van der Waals surface area contributed by atoms with E-state index in [1.165, 1.54) is 0 Å². The molecule has 110 valence electrons. The van der Waals surface area contributed by atoms with E-state index in [0.717, 1.165) is 18.9 Å². The van der Waals surface area contributed by atoms with Crippen LogP contribution in [-0.4, -0.2) is 31.8 Å². The van der Waals surface area contributed by atoms with E-state index in [2.05, 4.69) is 0 Å². The summed E-state index contributed by atoms with van der Waals surface area (Å²) in [4.78, 5) is 13.4. The summed E-state index contributed by atoms with van der Waals surface area (Å²) in [6.07, 6.45) is 1.69. The molecule has 2 rings (SSSR count). The Morgan fingerprint density at radius 1 is 1.45 bits per heavy atom. The van der Waals surface area contributed by atoms with E-state index in [1.54, 1.807) is 4.90 Å². The maximum atomic E-state index is 13.7. The molecule has 0 aromatic heterocycles. The van der Waals surface area contributed by atoms with Gasteiger partial charge in [-0.3, -0.25) is 4.79 Å². The van der Waals surface area contributed by atoms with E-state index in [-0.39, 0.29) is 11.6 Å². The summed E-state index contributed by atoms with van der Waals surface area (Å²) >= 11 is 5.78. The van der Waals surface area contributed by atoms with Gasteiger partial charge in [-0.2, -0.15) is 0 Å². The number of nitrogens with zero attached hydrogens (tertiary/aromatic N) is 1. The minimum absolute atomic E-state index is 0.0119. The normalized spacial score (nSPS) is 19.4. The number of amides is 1. The Balaban J connectivity index is 2.50. The number of carbonyl (C=O) groups excluding carboxylic acids is 1. The van der Waals surface area contributed by atoms with Crippen molar-refractivity contribution in [3.63, 3.8) is 0 Å². The van der Waals surface area contributed by atoms with Crippen LogP contribution in [0.3, 0.4) is 0 Å². The van der Waals surface area contributed by atoms with Crippen LogP contribution in [0.5, 0.6) is 0 Å². The van der Waals surface area contributed by atoms with Crippen molar-refractivity contribution in [2.45, 2.75) is 30.7 Å². The van der Waals surface area contributed by atoms with Crippen LogP contribution in [0.25, 0.3) is 0 Å². The third kappa shape index (κ3) is 2.92. The molecule has 0 bridgehead atoms. The van der Waals surface area contributed by atoms with Gasteiger partial charge in [-0.15, -0.1) is 0 Å². The highest BCUT2D eigenvalue weighted by Crippen LogP contribution is 2.29. The SMILES string of the molecule is CC1CCCN1C(=O)c1cc(S(=O)(=O)Cl)cc(F)c1Cl. The Kier molecular flexibility index (Phi) is 4.27. The number of carbonyl (C=O) groups is 1. The second-order valence-electron chi connectivity index (χ2n) is 4.69. The zero-order chi connectivity index (χ0) is 15.1. The molecule has 4 nitrogen and oxygen atoms in total. The molecule has 0 N–H and O–H groups in total. The molecule has 1 unspecified atom stereocenters. The molecule has 1 aliphatic heterocycles. The molecule has 1 amide bonds. The van der Waals surface area contributed by atoms with Crippen LogP contribution < -0.4 is 0 Å². The standard InChI is InChI=1S/C12H12Cl2FNO3S/c1-7-3-2-4-16(7)12(17)9-5-8(20(14,18)19)6-10(15)11(9)13/h5-7H,2-4H2,1H3. The van der Waals surface area contributed by atoms with Crippen LogP contribution in [0, 0.1) is 5.82 Å². The maximum absolute atomic E-state index is 13.7. The average molecular weight is 340 g/mol. The van der Waals surface area contributed by atoms with Gasteiger partial charge in [0.05, 0.1) is 15.5 Å². The van der Waals surface area contributed by atoms with Gasteiger partial charge in [0, 0.05) is 23.3 Å². The predicted molar refractivity (Wildman–Crippen MR) is 74.2 cm³/mol. The average Bonchev–Trinajstić information content (AvgIpc) is 2.76. The van der Waals surface area contributed by atoms with Gasteiger partial charge in [0.25, 0.3) is 15.0 Å². The molecule has 8 heteroatoms. The molecule has 1 atom stereocenters. The van der Waals surface area contributed by atoms with Crippen molar-refractivity contribution in [1.82, 2.24) is 4.90 Å². The number of hydrogen-bond acceptors (Lipinski definition) is 3. The van der Waals surface area contributed by atoms with Crippen molar-refractivity contribution in [1.29, 1.82) is 0 Å². The summed E-state index contributed by atoms with van der Waals surface area (Å²) in [5, 5.41) is -0.391. The smallest absolute Gasteiger partial charge is 0.261 e. The number of likely N-dealkylation sites (tertiary alicyclic amines) is 1. The van der Waals surface area contributed by atoms with E-state index in [9.17, 15) is 17.6 Å². The van der Waals surface area contributed by atoms with Crippen molar-refractivity contribution in [3.05, 3.63) is 28.5 Å². The molecule has 1 saturated heterocycles. The second kappa shape index (κ2) is 5.50. The van der Waals surface area contributed by atoms with Crippen molar-refractivity contribution < 1.29 is 17.6 Å². The van der Waals surface area contributed by atoms with Gasteiger partial charge in [0.1, 0.15) is 5.82 Å². The minimum Gasteiger partial charge on any atom is -0.336 e. The summed E-state index contributed by atoms with van der Waals surface area (Å²) in [6, 6.07) is 1.73. The molecule has 1 aliphatic rings. The van der Waals surface area contributed by atoms with Gasteiger partial charge in [-0.05, 0) is 31.9 Å². The summed E-state index contributed by atoms with van der Waals surface area (Å²) in [7, 11) is 1.05. The largest absolute Gasteiger partial charge is 0.336 e. The molecular weight excluding hydrogens is 328 g/mol. The summed E-state index contributed by atoms with van der Waals surface area (Å²) in [5.41, 5.74) is -0.181. The molecule has 1 heterocycles. The van der Waals surface area contributed by atoms with Crippen LogP contribution in [0.4, 0.5) is 4.39 Å². The number of benzene rings is 1. The van der Waals surface area contributed by atoms with Crippen molar-refractivity contribution >= 4 is 37.2 Å². The van der Waals surface area contributed by atoms with E-state index >= 15 is 0 Å². The van der Waals surface area contributed by atoms with E-state index in [1.807, 2.05) is 6.92 Å². The van der Waals surface area contributed by atoms with Crippen LogP contribution >= 0.6 is 22.3 Å². The monoisotopic (exact) mass is 339 g/mol. The molecular formula is C12H12Cl2FNO3S. The lowest BCUT2D eigenvalue weighted by atomic mass is 10.1. The number of rotatable bonds is 2. The molecule has 1 aromatic rings. The Bertz CT molecular complexity index is 663. The molecule has 0 radical (unpaired) electrons. The second-order valence-corrected chi connectivity index (χ2v) is 7.64. The van der Waals surface area contributed by atoms with Gasteiger partial charge in [-0.25, -0.2) is 12.8 Å². The van der Waals surface area contributed by atoms with Crippen LogP contribution in [0.15, 0.2) is 17.0 Å². The lowest BCUT2D eigenvalue weighted by Crippen LogP contribution is -2.34. The first-order valence-electron chi connectivity index (χ1n) is 5.96. The lowest BCUT2D eigenvalue weighted by Gasteiger charge is -2.22. The quantitative estimate of drug-likeness (QED) is 0.778. The van der Waals surface area contributed by atoms with Crippen molar-refractivity contribution in [2.24, 2.45) is 0 Å². The van der Waals surface area contributed by atoms with Gasteiger partial charge < -0.3 is 4.90 Å². The molecule has 0 aliphatic carbocycles. The molecule has 20 heavy (non-hydrogen) atoms. The summed E-state index contributed by atoms with van der Waals surface area (Å²) in [6.45, 7) is 2.41. The lowest BCUT2D eigenvalue weighted by molar-refractivity contribution is 0.0747. The fourth-order valence-corrected chi connectivity index (χ4v) is 3.21. The van der Waals surface area contributed by atoms with E-state index < -0.39 is 30.7 Å². The van der Waals surface area contributed by atoms with E-state index in [0.29, 0.717) is 12.6 Å². The molecule has 1 fully saturated rings. The van der Waals surface area contributed by atoms with Crippen LogP contribution in [0.1, 0.15) is 30.1 Å². The molecule has 0 spiro atoms. The Morgan fingerprint density at radius 2 is 2.10 bits per heavy atom.